The van der Waals surface area contributed by atoms with Crippen LogP contribution in [0.4, 0.5) is 5.95 Å². The van der Waals surface area contributed by atoms with Gasteiger partial charge in [0.25, 0.3) is 10.1 Å². The second-order valence-corrected chi connectivity index (χ2v) is 11.8. The lowest BCUT2D eigenvalue weighted by atomic mass is 9.85. The number of fused-ring (bicyclic) bond motifs is 1. The molecule has 2 fully saturated rings. The molecule has 0 radical (unpaired) electrons. The zero-order chi connectivity index (χ0) is 27.4. The Morgan fingerprint density at radius 3 is 2.62 bits per heavy atom. The van der Waals surface area contributed by atoms with E-state index in [2.05, 4.69) is 20.4 Å². The molecule has 0 unspecified atom stereocenters. The average Bonchev–Trinajstić information content (AvgIpc) is 3.36. The van der Waals surface area contributed by atoms with Crippen molar-refractivity contribution in [3.05, 3.63) is 36.7 Å². The number of likely N-dealkylation sites (tertiary alicyclic amines) is 1. The minimum Gasteiger partial charge on any atom is -0.493 e. The van der Waals surface area contributed by atoms with Crippen molar-refractivity contribution in [3.8, 4) is 11.6 Å². The summed E-state index contributed by atoms with van der Waals surface area (Å²) in [4.78, 5) is 23.9. The van der Waals surface area contributed by atoms with Gasteiger partial charge in [-0.15, -0.1) is 0 Å². The molecule has 3 N–H and O–H groups in total. The number of hydrogen-bond acceptors (Lipinski definition) is 9. The third-order valence-corrected chi connectivity index (χ3v) is 8.23. The zero-order valence-corrected chi connectivity index (χ0v) is 22.5. The Hall–Kier alpha value is -3.29. The summed E-state index contributed by atoms with van der Waals surface area (Å²) in [5, 5.41) is 18.4. The maximum absolute atomic E-state index is 12.9. The van der Waals surface area contributed by atoms with Crippen LogP contribution in [0, 0.1) is 5.92 Å². The average molecular weight is 559 g/mol. The highest BCUT2D eigenvalue weighted by molar-refractivity contribution is 7.85. The van der Waals surface area contributed by atoms with Gasteiger partial charge >= 0.3 is 0 Å². The van der Waals surface area contributed by atoms with E-state index in [0.717, 1.165) is 36.6 Å². The van der Waals surface area contributed by atoms with Crippen LogP contribution in [0.5, 0.6) is 5.75 Å². The van der Waals surface area contributed by atoms with Crippen molar-refractivity contribution in [2.75, 3.05) is 30.8 Å². The molecular weight excluding hydrogens is 524 g/mol. The SMILES string of the molecule is O=C(C1CCC(Nc2nccc(-n3ncc4c(OCCCS(=O)(=O)O)cccc43)n2)CC1)N1CCC(O)CC1. The molecule has 0 atom stereocenters. The Labute approximate surface area is 227 Å². The van der Waals surface area contributed by atoms with E-state index in [0.29, 0.717) is 43.4 Å². The van der Waals surface area contributed by atoms with E-state index in [1.165, 1.54) is 0 Å². The van der Waals surface area contributed by atoms with Crippen LogP contribution in [0.3, 0.4) is 0 Å². The predicted molar refractivity (Wildman–Crippen MR) is 144 cm³/mol. The number of nitrogens with one attached hydrogen (secondary N) is 1. The van der Waals surface area contributed by atoms with Gasteiger partial charge in [0, 0.05) is 37.3 Å². The number of aliphatic hydroxyl groups excluding tert-OH is 1. The molecule has 12 nitrogen and oxygen atoms in total. The van der Waals surface area contributed by atoms with Crippen LogP contribution in [0.25, 0.3) is 16.7 Å². The van der Waals surface area contributed by atoms with E-state index >= 15 is 0 Å². The van der Waals surface area contributed by atoms with Gasteiger partial charge in [-0.05, 0) is 57.1 Å². The third-order valence-electron chi connectivity index (χ3n) is 7.42. The van der Waals surface area contributed by atoms with Gasteiger partial charge in [0.15, 0.2) is 5.82 Å². The molecular formula is C26H34N6O6S. The van der Waals surface area contributed by atoms with E-state index < -0.39 is 10.1 Å². The van der Waals surface area contributed by atoms with E-state index in [4.69, 9.17) is 9.29 Å². The topological polar surface area (TPSA) is 160 Å². The van der Waals surface area contributed by atoms with Crippen LogP contribution in [0.1, 0.15) is 44.9 Å². The minimum atomic E-state index is -4.02. The Kier molecular flexibility index (Phi) is 8.29. The van der Waals surface area contributed by atoms with E-state index in [1.807, 2.05) is 17.0 Å². The van der Waals surface area contributed by atoms with Crippen LogP contribution >= 0.6 is 0 Å². The van der Waals surface area contributed by atoms with Gasteiger partial charge in [-0.25, -0.2) is 9.67 Å². The molecule has 0 spiro atoms. The summed E-state index contributed by atoms with van der Waals surface area (Å²) >= 11 is 0. The lowest BCUT2D eigenvalue weighted by Crippen LogP contribution is -2.44. The highest BCUT2D eigenvalue weighted by Crippen LogP contribution is 2.30. The lowest BCUT2D eigenvalue weighted by Gasteiger charge is -2.35. The molecule has 1 aliphatic heterocycles. The zero-order valence-electron chi connectivity index (χ0n) is 21.6. The van der Waals surface area contributed by atoms with E-state index in [1.54, 1.807) is 29.2 Å². The van der Waals surface area contributed by atoms with Gasteiger partial charge in [-0.2, -0.15) is 18.5 Å². The van der Waals surface area contributed by atoms with Crippen molar-refractivity contribution < 1.29 is 27.6 Å². The maximum Gasteiger partial charge on any atom is 0.264 e. The summed E-state index contributed by atoms with van der Waals surface area (Å²) in [7, 11) is -4.02. The number of amides is 1. The van der Waals surface area contributed by atoms with Gasteiger partial charge in [0.05, 0.1) is 35.6 Å². The van der Waals surface area contributed by atoms with Gasteiger partial charge in [0.2, 0.25) is 11.9 Å². The highest BCUT2D eigenvalue weighted by Gasteiger charge is 2.31. The van der Waals surface area contributed by atoms with Crippen molar-refractivity contribution in [2.45, 2.75) is 57.1 Å². The van der Waals surface area contributed by atoms with E-state index in [-0.39, 0.29) is 42.8 Å². The van der Waals surface area contributed by atoms with Crippen LogP contribution in [-0.2, 0) is 14.9 Å². The van der Waals surface area contributed by atoms with Crippen LogP contribution in [-0.4, -0.2) is 86.2 Å². The van der Waals surface area contributed by atoms with Gasteiger partial charge in [-0.3, -0.25) is 9.35 Å². The van der Waals surface area contributed by atoms with Crippen molar-refractivity contribution in [3.63, 3.8) is 0 Å². The number of ether oxygens (including phenoxy) is 1. The summed E-state index contributed by atoms with van der Waals surface area (Å²) in [6, 6.07) is 7.44. The molecule has 13 heteroatoms. The molecule has 0 bridgehead atoms. The lowest BCUT2D eigenvalue weighted by molar-refractivity contribution is -0.138. The Morgan fingerprint density at radius 2 is 1.87 bits per heavy atom. The van der Waals surface area contributed by atoms with Crippen LogP contribution in [0.15, 0.2) is 36.7 Å². The van der Waals surface area contributed by atoms with E-state index in [9.17, 15) is 18.3 Å². The van der Waals surface area contributed by atoms with Gasteiger partial charge in [-0.1, -0.05) is 6.07 Å². The number of nitrogens with zero attached hydrogens (tertiary/aromatic N) is 5. The van der Waals surface area contributed by atoms with Gasteiger partial charge in [0.1, 0.15) is 5.75 Å². The molecule has 1 aromatic carbocycles. The second-order valence-electron chi connectivity index (χ2n) is 10.2. The number of carbonyl (C=O) groups is 1. The van der Waals surface area contributed by atoms with Crippen LogP contribution in [0.2, 0.25) is 0 Å². The standard InChI is InChI=1S/C26H34N6O6S/c33-20-10-13-31(14-11-20)25(34)18-5-7-19(8-6-18)29-26-27-12-9-24(30-26)32-22-3-1-4-23(21(22)17-28-32)38-15-2-16-39(35,36)37/h1,3-4,9,12,17-20,33H,2,5-8,10-11,13-16H2,(H,27,29,30)(H,35,36,37). The van der Waals surface area contributed by atoms with Crippen molar-refractivity contribution in [1.82, 2.24) is 24.6 Å². The number of rotatable bonds is 9. The molecule has 1 aliphatic carbocycles. The maximum atomic E-state index is 12.9. The quantitative estimate of drug-likeness (QED) is 0.263. The van der Waals surface area contributed by atoms with Crippen molar-refractivity contribution in [2.24, 2.45) is 5.92 Å². The first kappa shape index (κ1) is 27.3. The molecule has 1 amide bonds. The van der Waals surface area contributed by atoms with Crippen LogP contribution < -0.4 is 10.1 Å². The number of anilines is 1. The normalized spacial score (nSPS) is 20.7. The Morgan fingerprint density at radius 1 is 1.10 bits per heavy atom. The predicted octanol–water partition coefficient (Wildman–Crippen LogP) is 2.43. The fourth-order valence-electron chi connectivity index (χ4n) is 5.30. The molecule has 2 aromatic heterocycles. The third kappa shape index (κ3) is 6.84. The largest absolute Gasteiger partial charge is 0.493 e. The molecule has 1 saturated carbocycles. The summed E-state index contributed by atoms with van der Waals surface area (Å²) in [5.74, 6) is 1.53. The molecule has 3 aromatic rings. The Bertz CT molecular complexity index is 1400. The first-order valence-electron chi connectivity index (χ1n) is 13.4. The Balaban J connectivity index is 1.19. The first-order valence-corrected chi connectivity index (χ1v) is 15.0. The van der Waals surface area contributed by atoms with Crippen molar-refractivity contribution in [1.29, 1.82) is 0 Å². The number of aromatic nitrogens is 4. The summed E-state index contributed by atoms with van der Waals surface area (Å²) in [5.41, 5.74) is 0.774. The number of benzene rings is 1. The molecule has 1 saturated heterocycles. The number of aliphatic hydroxyl groups is 1. The molecule has 2 aliphatic rings. The molecule has 210 valence electrons. The fraction of sp³-hybridized carbons (Fsp3) is 0.538. The molecule has 5 rings (SSSR count). The summed E-state index contributed by atoms with van der Waals surface area (Å²) in [6.07, 6.45) is 7.87. The second kappa shape index (κ2) is 11.8. The summed E-state index contributed by atoms with van der Waals surface area (Å²) in [6.45, 7) is 1.42. The van der Waals surface area contributed by atoms with Gasteiger partial charge < -0.3 is 20.1 Å². The first-order chi connectivity index (χ1) is 18.8. The number of piperidine rings is 1. The highest BCUT2D eigenvalue weighted by atomic mass is 32.2. The minimum absolute atomic E-state index is 0.0328. The van der Waals surface area contributed by atoms with Crippen molar-refractivity contribution >= 4 is 32.9 Å². The summed E-state index contributed by atoms with van der Waals surface area (Å²) < 4.78 is 38.2. The number of carbonyl (C=O) groups excluding carboxylic acids is 1. The molecule has 3 heterocycles. The fourth-order valence-corrected chi connectivity index (χ4v) is 5.79. The monoisotopic (exact) mass is 558 g/mol. The smallest absolute Gasteiger partial charge is 0.264 e. The number of hydrogen-bond donors (Lipinski definition) is 3. The molecule has 39 heavy (non-hydrogen) atoms.